The Kier molecular flexibility index (Phi) is 0.833. The molecule has 0 saturated heterocycles. The molecule has 1 rings (SSSR count). The first-order valence-electron chi connectivity index (χ1n) is 1.96. The summed E-state index contributed by atoms with van der Waals surface area (Å²) in [6.45, 7) is 0. The second-order valence-corrected chi connectivity index (χ2v) is 1.19. The average molecular weight is 92.1 g/mol. The molecule has 0 N–H and O–H groups in total. The first-order valence-corrected chi connectivity index (χ1v) is 1.96. The smallest absolute Gasteiger partial charge is 0.188 e. The molecule has 0 aliphatic rings. The summed E-state index contributed by atoms with van der Waals surface area (Å²) in [6, 6.07) is 3.62. The Hall–Kier alpha value is -1.23. The van der Waals surface area contributed by atoms with Crippen LogP contribution in [0.25, 0.3) is 0 Å². The van der Waals surface area contributed by atoms with Gasteiger partial charge in [0, 0.05) is 12.4 Å². The third-order valence-electron chi connectivity index (χ3n) is 0.720. The second-order valence-electron chi connectivity index (χ2n) is 1.19. The van der Waals surface area contributed by atoms with E-state index in [0.717, 1.165) is 0 Å². The molecule has 0 saturated carbocycles. The predicted octanol–water partition coefficient (Wildman–Crippen LogP) is 0.817. The van der Waals surface area contributed by atoms with Gasteiger partial charge in [-0.1, -0.05) is 0 Å². The molecule has 0 aliphatic carbocycles. The second kappa shape index (κ2) is 1.48. The molecule has 0 aliphatic heterocycles. The first-order chi connectivity index (χ1) is 3.43. The van der Waals surface area contributed by atoms with E-state index in [9.17, 15) is 0 Å². The van der Waals surface area contributed by atoms with Crippen molar-refractivity contribution >= 4 is 0 Å². The van der Waals surface area contributed by atoms with E-state index in [0.29, 0.717) is 0 Å². The van der Waals surface area contributed by atoms with Gasteiger partial charge in [-0.2, -0.15) is 5.26 Å². The largest absolute Gasteiger partial charge is 0.262 e. The summed E-state index contributed by atoms with van der Waals surface area (Å²) in [5.41, 5.74) is 0. The molecule has 0 unspecified atom stereocenters. The van der Waals surface area contributed by atoms with Gasteiger partial charge in [0.05, 0.1) is 0 Å². The van der Waals surface area contributed by atoms with Gasteiger partial charge in [-0.25, -0.2) is 0 Å². The zero-order chi connectivity index (χ0) is 5.11. The van der Waals surface area contributed by atoms with Gasteiger partial charge >= 0.3 is 0 Å². The molecule has 0 aromatic carbocycles. The molecule has 1 heterocycles. The molecule has 2 heteroatoms. The summed E-state index contributed by atoms with van der Waals surface area (Å²) >= 11 is 0. The molecule has 1 aromatic rings. The van der Waals surface area contributed by atoms with Gasteiger partial charge in [-0.15, -0.1) is 0 Å². The van der Waals surface area contributed by atoms with Crippen LogP contribution in [-0.4, -0.2) is 4.57 Å². The van der Waals surface area contributed by atoms with Gasteiger partial charge in [-0.3, -0.25) is 4.57 Å². The lowest BCUT2D eigenvalue weighted by Crippen LogP contribution is -1.76. The number of aromatic nitrogens is 1. The lowest BCUT2D eigenvalue weighted by Gasteiger charge is -1.74. The van der Waals surface area contributed by atoms with Crippen LogP contribution in [-0.2, 0) is 0 Å². The highest BCUT2D eigenvalue weighted by Crippen LogP contribution is 1.82. The molecule has 0 bridgehead atoms. The van der Waals surface area contributed by atoms with Crippen molar-refractivity contribution in [2.75, 3.05) is 0 Å². The third kappa shape index (κ3) is 0.606. The molecular formula is C5H4N2. The fourth-order valence-electron chi connectivity index (χ4n) is 0.401. The molecule has 0 spiro atoms. The predicted molar refractivity (Wildman–Crippen MR) is 25.4 cm³/mol. The molecule has 0 fully saturated rings. The van der Waals surface area contributed by atoms with Crippen molar-refractivity contribution < 1.29 is 0 Å². The highest BCUT2D eigenvalue weighted by Gasteiger charge is 1.75. The lowest BCUT2D eigenvalue weighted by molar-refractivity contribution is 1.10. The summed E-state index contributed by atoms with van der Waals surface area (Å²) < 4.78 is 1.43. The standard InChI is InChI=1S/C5H4N2/c6-5-7-3-1-2-4-7/h1-4H. The van der Waals surface area contributed by atoms with Crippen LogP contribution < -0.4 is 0 Å². The zero-order valence-electron chi connectivity index (χ0n) is 3.70. The van der Waals surface area contributed by atoms with E-state index in [2.05, 4.69) is 0 Å². The minimum Gasteiger partial charge on any atom is -0.262 e. The summed E-state index contributed by atoms with van der Waals surface area (Å²) in [4.78, 5) is 0. The van der Waals surface area contributed by atoms with Gasteiger partial charge in [0.25, 0.3) is 0 Å². The Morgan fingerprint density at radius 1 is 1.29 bits per heavy atom. The van der Waals surface area contributed by atoms with Crippen LogP contribution in [0.5, 0.6) is 0 Å². The van der Waals surface area contributed by atoms with Crippen LogP contribution in [0.15, 0.2) is 24.5 Å². The molecule has 0 amide bonds. The van der Waals surface area contributed by atoms with Crippen molar-refractivity contribution in [1.29, 1.82) is 5.26 Å². The van der Waals surface area contributed by atoms with E-state index in [1.165, 1.54) is 4.57 Å². The number of nitrogens with zero attached hydrogens (tertiary/aromatic N) is 2. The van der Waals surface area contributed by atoms with Crippen molar-refractivity contribution in [2.45, 2.75) is 0 Å². The first kappa shape index (κ1) is 3.94. The van der Waals surface area contributed by atoms with Crippen molar-refractivity contribution in [3.63, 3.8) is 0 Å². The number of hydrogen-bond acceptors (Lipinski definition) is 1. The van der Waals surface area contributed by atoms with E-state index in [1.54, 1.807) is 12.4 Å². The Labute approximate surface area is 41.6 Å². The molecule has 1 aromatic heterocycles. The van der Waals surface area contributed by atoms with Gasteiger partial charge < -0.3 is 0 Å². The van der Waals surface area contributed by atoms with Gasteiger partial charge in [0.2, 0.25) is 0 Å². The minimum atomic E-state index is 1.43. The van der Waals surface area contributed by atoms with Crippen LogP contribution in [0.1, 0.15) is 0 Å². The molecule has 7 heavy (non-hydrogen) atoms. The van der Waals surface area contributed by atoms with Gasteiger partial charge in [-0.05, 0) is 12.1 Å². The Morgan fingerprint density at radius 2 is 1.86 bits per heavy atom. The van der Waals surface area contributed by atoms with Crippen LogP contribution in [0, 0.1) is 11.5 Å². The average Bonchev–Trinajstić information content (AvgIpc) is 2.14. The summed E-state index contributed by atoms with van der Waals surface area (Å²) in [5.74, 6) is 0. The number of hydrogen-bond donors (Lipinski definition) is 0. The van der Waals surface area contributed by atoms with Crippen LogP contribution in [0.3, 0.4) is 0 Å². The maximum Gasteiger partial charge on any atom is 0.188 e. The van der Waals surface area contributed by atoms with Gasteiger partial charge in [0.15, 0.2) is 6.19 Å². The zero-order valence-corrected chi connectivity index (χ0v) is 3.70. The topological polar surface area (TPSA) is 28.7 Å². The van der Waals surface area contributed by atoms with Crippen molar-refractivity contribution in [1.82, 2.24) is 4.57 Å². The molecule has 2 nitrogen and oxygen atoms in total. The number of nitriles is 1. The van der Waals surface area contributed by atoms with Gasteiger partial charge in [0.1, 0.15) is 0 Å². The Bertz CT molecular complexity index is 168. The van der Waals surface area contributed by atoms with Crippen molar-refractivity contribution in [3.05, 3.63) is 24.5 Å². The van der Waals surface area contributed by atoms with E-state index in [4.69, 9.17) is 5.26 Å². The fraction of sp³-hybridized carbons (Fsp3) is 0. The SMILES string of the molecule is N#Cn1cccc1. The lowest BCUT2D eigenvalue weighted by atomic mass is 10.7. The Balaban J connectivity index is 3.04. The molecule has 0 radical (unpaired) electrons. The highest BCUT2D eigenvalue weighted by molar-refractivity contribution is 4.96. The number of rotatable bonds is 0. The summed E-state index contributed by atoms with van der Waals surface area (Å²) in [5, 5.41) is 8.14. The van der Waals surface area contributed by atoms with E-state index in [-0.39, 0.29) is 0 Å². The van der Waals surface area contributed by atoms with Crippen molar-refractivity contribution in [3.8, 4) is 6.19 Å². The summed E-state index contributed by atoms with van der Waals surface area (Å²) in [6.07, 6.45) is 5.31. The van der Waals surface area contributed by atoms with E-state index in [1.807, 2.05) is 18.3 Å². The Morgan fingerprint density at radius 3 is 2.14 bits per heavy atom. The summed E-state index contributed by atoms with van der Waals surface area (Å²) in [7, 11) is 0. The third-order valence-corrected chi connectivity index (χ3v) is 0.720. The van der Waals surface area contributed by atoms with Crippen LogP contribution in [0.4, 0.5) is 0 Å². The molecule has 34 valence electrons. The molecular weight excluding hydrogens is 88.1 g/mol. The maximum atomic E-state index is 8.14. The quantitative estimate of drug-likeness (QED) is 0.465. The van der Waals surface area contributed by atoms with Crippen molar-refractivity contribution in [2.24, 2.45) is 0 Å². The normalized spacial score (nSPS) is 7.86. The highest BCUT2D eigenvalue weighted by atomic mass is 14.9. The van der Waals surface area contributed by atoms with Crippen LogP contribution >= 0.6 is 0 Å². The monoisotopic (exact) mass is 92.0 g/mol. The maximum absolute atomic E-state index is 8.14. The fourth-order valence-corrected chi connectivity index (χ4v) is 0.401. The van der Waals surface area contributed by atoms with Crippen LogP contribution in [0.2, 0.25) is 0 Å². The van der Waals surface area contributed by atoms with E-state index >= 15 is 0 Å². The minimum absolute atomic E-state index is 1.43. The van der Waals surface area contributed by atoms with E-state index < -0.39 is 0 Å². The molecule has 0 atom stereocenters.